The molecule has 3 aromatic rings. The lowest BCUT2D eigenvalue weighted by atomic mass is 10.1. The second kappa shape index (κ2) is 5.71. The van der Waals surface area contributed by atoms with Gasteiger partial charge in [-0.05, 0) is 17.7 Å². The number of rotatable bonds is 3. The highest BCUT2D eigenvalue weighted by atomic mass is 19.1. The first-order chi connectivity index (χ1) is 10.3. The van der Waals surface area contributed by atoms with Crippen LogP contribution in [0.5, 0.6) is 5.88 Å². The minimum Gasteiger partial charge on any atom is -0.481 e. The van der Waals surface area contributed by atoms with Gasteiger partial charge in [-0.15, -0.1) is 0 Å². The molecular weight excluding hydrogens is 267 g/mol. The zero-order valence-electron chi connectivity index (χ0n) is 11.5. The fraction of sp³-hybridized carbons (Fsp3) is 0.0588. The Morgan fingerprint density at radius 2 is 1.86 bits per heavy atom. The van der Waals surface area contributed by atoms with Gasteiger partial charge in [-0.25, -0.2) is 9.37 Å². The molecule has 0 aliphatic heterocycles. The summed E-state index contributed by atoms with van der Waals surface area (Å²) in [7, 11) is 1.53. The van der Waals surface area contributed by atoms with Crippen molar-refractivity contribution in [3.8, 4) is 5.88 Å². The van der Waals surface area contributed by atoms with Crippen LogP contribution in [0.1, 0.15) is 11.1 Å². The highest BCUT2D eigenvalue weighted by molar-refractivity contribution is 5.87. The number of hydrogen-bond donors (Lipinski definition) is 0. The number of nitrogens with zero attached hydrogens (tertiary/aromatic N) is 2. The summed E-state index contributed by atoms with van der Waals surface area (Å²) in [4.78, 5) is 8.34. The number of ether oxygens (including phenoxy) is 1. The average molecular weight is 280 g/mol. The Kier molecular flexibility index (Phi) is 3.60. The van der Waals surface area contributed by atoms with Crippen LogP contribution in [0.3, 0.4) is 0 Å². The van der Waals surface area contributed by atoms with E-state index in [1.807, 2.05) is 36.4 Å². The van der Waals surface area contributed by atoms with Crippen molar-refractivity contribution in [2.75, 3.05) is 7.11 Å². The molecule has 104 valence electrons. The van der Waals surface area contributed by atoms with Crippen molar-refractivity contribution in [2.24, 2.45) is 0 Å². The van der Waals surface area contributed by atoms with Gasteiger partial charge in [0.1, 0.15) is 5.52 Å². The van der Waals surface area contributed by atoms with Crippen molar-refractivity contribution >= 4 is 23.2 Å². The highest BCUT2D eigenvalue weighted by Gasteiger charge is 2.08. The third-order valence-corrected chi connectivity index (χ3v) is 3.13. The van der Waals surface area contributed by atoms with E-state index in [4.69, 9.17) is 4.74 Å². The lowest BCUT2D eigenvalue weighted by Crippen LogP contribution is -1.94. The molecule has 0 N–H and O–H groups in total. The van der Waals surface area contributed by atoms with E-state index in [0.717, 1.165) is 5.56 Å². The topological polar surface area (TPSA) is 35.0 Å². The minimum absolute atomic E-state index is 0.405. The van der Waals surface area contributed by atoms with E-state index < -0.39 is 5.82 Å². The van der Waals surface area contributed by atoms with E-state index in [-0.39, 0.29) is 0 Å². The van der Waals surface area contributed by atoms with Gasteiger partial charge < -0.3 is 4.74 Å². The molecule has 3 rings (SSSR count). The number of aromatic nitrogens is 2. The SMILES string of the molecule is COc1ccc2ncc(F)c(/C=C/c3ccccc3)c2n1. The maximum Gasteiger partial charge on any atom is 0.213 e. The van der Waals surface area contributed by atoms with Gasteiger partial charge in [0.05, 0.1) is 18.8 Å². The molecule has 0 amide bonds. The maximum atomic E-state index is 14.1. The number of fused-ring (bicyclic) bond motifs is 1. The van der Waals surface area contributed by atoms with E-state index in [2.05, 4.69) is 9.97 Å². The van der Waals surface area contributed by atoms with Crippen molar-refractivity contribution in [3.63, 3.8) is 0 Å². The van der Waals surface area contributed by atoms with Crippen molar-refractivity contribution in [3.05, 3.63) is 65.6 Å². The van der Waals surface area contributed by atoms with Gasteiger partial charge in [0.2, 0.25) is 5.88 Å². The minimum atomic E-state index is -0.407. The molecular formula is C17H13FN2O. The van der Waals surface area contributed by atoms with Gasteiger partial charge in [-0.1, -0.05) is 36.4 Å². The third kappa shape index (κ3) is 2.74. The van der Waals surface area contributed by atoms with Gasteiger partial charge in [0.15, 0.2) is 5.82 Å². The van der Waals surface area contributed by atoms with E-state index in [1.54, 1.807) is 18.2 Å². The lowest BCUT2D eigenvalue weighted by Gasteiger charge is -2.05. The Bertz CT molecular complexity index is 800. The van der Waals surface area contributed by atoms with E-state index in [1.165, 1.54) is 13.3 Å². The zero-order chi connectivity index (χ0) is 14.7. The Morgan fingerprint density at radius 3 is 2.62 bits per heavy atom. The molecule has 0 atom stereocenters. The fourth-order valence-electron chi connectivity index (χ4n) is 2.06. The van der Waals surface area contributed by atoms with Gasteiger partial charge in [0, 0.05) is 11.6 Å². The van der Waals surface area contributed by atoms with Gasteiger partial charge in [-0.2, -0.15) is 0 Å². The molecule has 3 nitrogen and oxygen atoms in total. The molecule has 21 heavy (non-hydrogen) atoms. The Labute approximate surface area is 121 Å². The molecule has 2 aromatic heterocycles. The standard InChI is InChI=1S/C17H13FN2O/c1-21-16-10-9-15-17(20-16)13(14(18)11-19-15)8-7-12-5-3-2-4-6-12/h2-11H,1H3/b8-7+. The molecule has 2 heterocycles. The first kappa shape index (κ1) is 13.2. The Hall–Kier alpha value is -2.75. The first-order valence-corrected chi connectivity index (χ1v) is 6.50. The molecule has 0 saturated carbocycles. The molecule has 4 heteroatoms. The number of halogens is 1. The average Bonchev–Trinajstić information content (AvgIpc) is 2.54. The van der Waals surface area contributed by atoms with Crippen LogP contribution in [0.25, 0.3) is 23.2 Å². The lowest BCUT2D eigenvalue weighted by molar-refractivity contribution is 0.399. The second-order valence-corrected chi connectivity index (χ2v) is 4.49. The summed E-state index contributed by atoms with van der Waals surface area (Å²) in [5.41, 5.74) is 2.51. The van der Waals surface area contributed by atoms with E-state index in [9.17, 15) is 4.39 Å². The van der Waals surface area contributed by atoms with Gasteiger partial charge in [-0.3, -0.25) is 4.98 Å². The summed E-state index contributed by atoms with van der Waals surface area (Å²) in [5.74, 6) is 0.0275. The van der Waals surface area contributed by atoms with Crippen molar-refractivity contribution in [2.45, 2.75) is 0 Å². The van der Waals surface area contributed by atoms with Gasteiger partial charge in [0.25, 0.3) is 0 Å². The van der Waals surface area contributed by atoms with Crippen LogP contribution in [-0.4, -0.2) is 17.1 Å². The van der Waals surface area contributed by atoms with Crippen LogP contribution in [0, 0.1) is 5.82 Å². The van der Waals surface area contributed by atoms with Crippen LogP contribution in [-0.2, 0) is 0 Å². The van der Waals surface area contributed by atoms with Crippen LogP contribution >= 0.6 is 0 Å². The van der Waals surface area contributed by atoms with E-state index in [0.29, 0.717) is 22.5 Å². The summed E-state index contributed by atoms with van der Waals surface area (Å²) >= 11 is 0. The molecule has 0 saturated heterocycles. The number of hydrogen-bond acceptors (Lipinski definition) is 3. The number of pyridine rings is 2. The first-order valence-electron chi connectivity index (χ1n) is 6.50. The summed E-state index contributed by atoms with van der Waals surface area (Å²) in [6.45, 7) is 0. The maximum absolute atomic E-state index is 14.1. The smallest absolute Gasteiger partial charge is 0.213 e. The number of benzene rings is 1. The van der Waals surface area contributed by atoms with Crippen LogP contribution in [0.4, 0.5) is 4.39 Å². The summed E-state index contributed by atoms with van der Waals surface area (Å²) in [6.07, 6.45) is 4.77. The normalized spacial score (nSPS) is 11.1. The number of methoxy groups -OCH3 is 1. The quantitative estimate of drug-likeness (QED) is 0.728. The summed E-state index contributed by atoms with van der Waals surface area (Å²) < 4.78 is 19.2. The molecule has 0 aliphatic carbocycles. The van der Waals surface area contributed by atoms with E-state index >= 15 is 0 Å². The molecule has 0 spiro atoms. The Morgan fingerprint density at radius 1 is 1.05 bits per heavy atom. The second-order valence-electron chi connectivity index (χ2n) is 4.49. The summed E-state index contributed by atoms with van der Waals surface area (Å²) in [6, 6.07) is 13.2. The molecule has 0 bridgehead atoms. The van der Waals surface area contributed by atoms with Crippen LogP contribution < -0.4 is 4.74 Å². The highest BCUT2D eigenvalue weighted by Crippen LogP contribution is 2.22. The molecule has 0 unspecified atom stereocenters. The van der Waals surface area contributed by atoms with Crippen molar-refractivity contribution in [1.82, 2.24) is 9.97 Å². The molecule has 0 fully saturated rings. The largest absolute Gasteiger partial charge is 0.481 e. The monoisotopic (exact) mass is 280 g/mol. The molecule has 1 aromatic carbocycles. The van der Waals surface area contributed by atoms with Gasteiger partial charge >= 0.3 is 0 Å². The third-order valence-electron chi connectivity index (χ3n) is 3.13. The van der Waals surface area contributed by atoms with Crippen molar-refractivity contribution in [1.29, 1.82) is 0 Å². The Balaban J connectivity index is 2.12. The zero-order valence-corrected chi connectivity index (χ0v) is 11.5. The summed E-state index contributed by atoms with van der Waals surface area (Å²) in [5, 5.41) is 0. The predicted molar refractivity (Wildman–Crippen MR) is 81.4 cm³/mol. The predicted octanol–water partition coefficient (Wildman–Crippen LogP) is 3.95. The van der Waals surface area contributed by atoms with Crippen LogP contribution in [0.2, 0.25) is 0 Å². The molecule has 0 aliphatic rings. The fourth-order valence-corrected chi connectivity index (χ4v) is 2.06. The van der Waals surface area contributed by atoms with Crippen LogP contribution in [0.15, 0.2) is 48.7 Å². The molecule has 0 radical (unpaired) electrons. The van der Waals surface area contributed by atoms with Crippen molar-refractivity contribution < 1.29 is 9.13 Å².